The van der Waals surface area contributed by atoms with Gasteiger partial charge in [0.25, 0.3) is 10.0 Å². The predicted octanol–water partition coefficient (Wildman–Crippen LogP) is 3.52. The number of rotatable bonds is 9. The third-order valence-electron chi connectivity index (χ3n) is 4.02. The highest BCUT2D eigenvalue weighted by Crippen LogP contribution is 2.24. The smallest absolute Gasteiger partial charge is 0.339 e. The first-order valence-electron chi connectivity index (χ1n) is 8.86. The number of nitrogens with zero attached hydrogens (tertiary/aromatic N) is 2. The van der Waals surface area contributed by atoms with Crippen molar-refractivity contribution in [3.63, 3.8) is 0 Å². The van der Waals surface area contributed by atoms with Gasteiger partial charge in [0.15, 0.2) is 0 Å². The molecule has 0 aliphatic heterocycles. The quantitative estimate of drug-likeness (QED) is 0.678. The Bertz CT molecular complexity index is 907. The van der Waals surface area contributed by atoms with Crippen LogP contribution in [0.25, 0.3) is 0 Å². The van der Waals surface area contributed by atoms with Crippen LogP contribution in [0.1, 0.15) is 42.6 Å². The van der Waals surface area contributed by atoms with Crippen molar-refractivity contribution in [2.75, 3.05) is 22.7 Å². The summed E-state index contributed by atoms with van der Waals surface area (Å²) in [5.74, 6) is -0.795. The molecule has 0 bridgehead atoms. The molecule has 1 heterocycles. The highest BCUT2D eigenvalue weighted by molar-refractivity contribution is 7.92. The Morgan fingerprint density at radius 1 is 1.19 bits per heavy atom. The maximum atomic E-state index is 12.6. The van der Waals surface area contributed by atoms with E-state index in [-0.39, 0.29) is 16.1 Å². The second-order valence-corrected chi connectivity index (χ2v) is 7.91. The van der Waals surface area contributed by atoms with Crippen LogP contribution in [0.5, 0.6) is 0 Å². The highest BCUT2D eigenvalue weighted by Gasteiger charge is 2.21. The molecular formula is C19H25N3O4S. The van der Waals surface area contributed by atoms with Crippen molar-refractivity contribution >= 4 is 27.5 Å². The third kappa shape index (κ3) is 4.97. The first kappa shape index (κ1) is 20.7. The van der Waals surface area contributed by atoms with Crippen molar-refractivity contribution in [3.8, 4) is 0 Å². The van der Waals surface area contributed by atoms with Crippen LogP contribution in [0.2, 0.25) is 0 Å². The molecule has 2 N–H and O–H groups in total. The second-order valence-electron chi connectivity index (χ2n) is 6.26. The number of carboxylic acids is 1. The Hall–Kier alpha value is -2.61. The summed E-state index contributed by atoms with van der Waals surface area (Å²) >= 11 is 0. The number of carboxylic acid groups (broad SMARTS) is 1. The molecule has 0 fully saturated rings. The number of benzene rings is 1. The first-order chi connectivity index (χ1) is 12.8. The number of aryl methyl sites for hydroxylation is 1. The molecule has 0 amide bonds. The number of anilines is 2. The molecule has 0 unspecified atom stereocenters. The van der Waals surface area contributed by atoms with Crippen LogP contribution in [-0.2, 0) is 10.0 Å². The molecule has 2 rings (SSSR count). The van der Waals surface area contributed by atoms with Gasteiger partial charge in [-0.25, -0.2) is 18.2 Å². The molecule has 1 aromatic heterocycles. The van der Waals surface area contributed by atoms with Crippen LogP contribution in [0, 0.1) is 6.92 Å². The van der Waals surface area contributed by atoms with Crippen LogP contribution >= 0.6 is 0 Å². The molecule has 0 saturated carbocycles. The molecule has 0 saturated heterocycles. The number of hydrogen-bond acceptors (Lipinski definition) is 5. The van der Waals surface area contributed by atoms with Gasteiger partial charge in [-0.15, -0.1) is 0 Å². The van der Waals surface area contributed by atoms with Crippen LogP contribution in [0.15, 0.2) is 41.4 Å². The zero-order chi connectivity index (χ0) is 20.0. The summed E-state index contributed by atoms with van der Waals surface area (Å²) in [5.41, 5.74) is 0.694. The van der Waals surface area contributed by atoms with Crippen molar-refractivity contribution < 1.29 is 18.3 Å². The van der Waals surface area contributed by atoms with Gasteiger partial charge in [-0.2, -0.15) is 0 Å². The fourth-order valence-electron chi connectivity index (χ4n) is 2.85. The van der Waals surface area contributed by atoms with E-state index in [0.717, 1.165) is 12.8 Å². The summed E-state index contributed by atoms with van der Waals surface area (Å²) in [6.07, 6.45) is 3.06. The minimum absolute atomic E-state index is 0.0260. The summed E-state index contributed by atoms with van der Waals surface area (Å²) in [6.45, 7) is 7.07. The van der Waals surface area contributed by atoms with Gasteiger partial charge in [0.1, 0.15) is 11.4 Å². The summed E-state index contributed by atoms with van der Waals surface area (Å²) < 4.78 is 27.7. The summed E-state index contributed by atoms with van der Waals surface area (Å²) in [4.78, 5) is 18.0. The van der Waals surface area contributed by atoms with Gasteiger partial charge in [-0.05, 0) is 37.5 Å². The average Bonchev–Trinajstić information content (AvgIpc) is 2.61. The number of sulfonamides is 1. The summed E-state index contributed by atoms with van der Waals surface area (Å²) in [5, 5.41) is 9.59. The summed E-state index contributed by atoms with van der Waals surface area (Å²) in [7, 11) is -3.84. The number of aromatic carboxylic acids is 1. The minimum atomic E-state index is -3.84. The van der Waals surface area contributed by atoms with Crippen LogP contribution in [-0.4, -0.2) is 37.6 Å². The fourth-order valence-corrected chi connectivity index (χ4v) is 4.14. The Morgan fingerprint density at radius 2 is 1.81 bits per heavy atom. The van der Waals surface area contributed by atoms with E-state index in [0.29, 0.717) is 24.5 Å². The lowest BCUT2D eigenvalue weighted by Gasteiger charge is -2.24. The molecule has 8 heteroatoms. The van der Waals surface area contributed by atoms with Gasteiger partial charge in [-0.3, -0.25) is 4.72 Å². The van der Waals surface area contributed by atoms with Gasteiger partial charge in [-0.1, -0.05) is 32.0 Å². The van der Waals surface area contributed by atoms with Gasteiger partial charge >= 0.3 is 5.97 Å². The molecule has 2 aromatic rings. The van der Waals surface area contributed by atoms with E-state index >= 15 is 0 Å². The van der Waals surface area contributed by atoms with Crippen molar-refractivity contribution in [1.29, 1.82) is 0 Å². The number of nitrogens with one attached hydrogen (secondary N) is 1. The van der Waals surface area contributed by atoms with Gasteiger partial charge < -0.3 is 10.0 Å². The van der Waals surface area contributed by atoms with Crippen LogP contribution in [0.3, 0.4) is 0 Å². The Kier molecular flexibility index (Phi) is 6.79. The topological polar surface area (TPSA) is 99.6 Å². The van der Waals surface area contributed by atoms with E-state index in [1.54, 1.807) is 25.1 Å². The molecule has 0 aliphatic rings. The van der Waals surface area contributed by atoms with E-state index < -0.39 is 16.0 Å². The lowest BCUT2D eigenvalue weighted by molar-refractivity contribution is 0.0697. The van der Waals surface area contributed by atoms with Crippen molar-refractivity contribution in [1.82, 2.24) is 4.98 Å². The molecular weight excluding hydrogens is 366 g/mol. The van der Waals surface area contributed by atoms with E-state index in [4.69, 9.17) is 0 Å². The van der Waals surface area contributed by atoms with Crippen molar-refractivity contribution in [2.45, 2.75) is 38.5 Å². The van der Waals surface area contributed by atoms with E-state index in [9.17, 15) is 18.3 Å². The maximum absolute atomic E-state index is 12.6. The molecule has 1 aromatic carbocycles. The Balaban J connectivity index is 2.41. The SMILES string of the molecule is CCCN(CCC)c1ncc(NS(=O)(=O)c2ccccc2C)cc1C(=O)O. The van der Waals surface area contributed by atoms with Crippen LogP contribution < -0.4 is 9.62 Å². The molecule has 0 atom stereocenters. The molecule has 0 radical (unpaired) electrons. The number of carbonyl (C=O) groups is 1. The lowest BCUT2D eigenvalue weighted by Crippen LogP contribution is -2.28. The van der Waals surface area contributed by atoms with E-state index in [1.807, 2.05) is 18.7 Å². The Labute approximate surface area is 160 Å². The lowest BCUT2D eigenvalue weighted by atomic mass is 10.2. The largest absolute Gasteiger partial charge is 0.478 e. The average molecular weight is 391 g/mol. The zero-order valence-electron chi connectivity index (χ0n) is 15.8. The number of hydrogen-bond donors (Lipinski definition) is 2. The van der Waals surface area contributed by atoms with Crippen molar-refractivity contribution in [2.24, 2.45) is 0 Å². The fraction of sp³-hybridized carbons (Fsp3) is 0.368. The molecule has 0 aliphatic carbocycles. The minimum Gasteiger partial charge on any atom is -0.478 e. The second kappa shape index (κ2) is 8.85. The summed E-state index contributed by atoms with van der Waals surface area (Å²) in [6, 6.07) is 7.91. The molecule has 146 valence electrons. The highest BCUT2D eigenvalue weighted by atomic mass is 32.2. The Morgan fingerprint density at radius 3 is 2.37 bits per heavy atom. The zero-order valence-corrected chi connectivity index (χ0v) is 16.6. The van der Waals surface area contributed by atoms with Gasteiger partial charge in [0, 0.05) is 13.1 Å². The first-order valence-corrected chi connectivity index (χ1v) is 10.3. The van der Waals surface area contributed by atoms with E-state index in [1.165, 1.54) is 18.3 Å². The maximum Gasteiger partial charge on any atom is 0.339 e. The monoisotopic (exact) mass is 391 g/mol. The van der Waals surface area contributed by atoms with Gasteiger partial charge in [0.2, 0.25) is 0 Å². The third-order valence-corrected chi connectivity index (χ3v) is 5.56. The van der Waals surface area contributed by atoms with Gasteiger partial charge in [0.05, 0.1) is 16.8 Å². The molecule has 27 heavy (non-hydrogen) atoms. The predicted molar refractivity (Wildman–Crippen MR) is 106 cm³/mol. The standard InChI is InChI=1S/C19H25N3O4S/c1-4-10-22(11-5-2)18-16(19(23)24)12-15(13-20-18)21-27(25,26)17-9-7-6-8-14(17)3/h6-9,12-13,21H,4-5,10-11H2,1-3H3,(H,23,24). The molecule has 0 spiro atoms. The normalized spacial score (nSPS) is 11.2. The van der Waals surface area contributed by atoms with Crippen LogP contribution in [0.4, 0.5) is 11.5 Å². The van der Waals surface area contributed by atoms with Crippen molar-refractivity contribution in [3.05, 3.63) is 47.7 Å². The number of aromatic nitrogens is 1. The molecule has 7 nitrogen and oxygen atoms in total. The number of pyridine rings is 1. The van der Waals surface area contributed by atoms with E-state index in [2.05, 4.69) is 9.71 Å².